The third kappa shape index (κ3) is 4.67. The lowest BCUT2D eigenvalue weighted by Crippen LogP contribution is -2.45. The van der Waals surface area contributed by atoms with Crippen LogP contribution in [0.15, 0.2) is 23.8 Å². The maximum absolute atomic E-state index is 10.6. The Morgan fingerprint density at radius 2 is 1.94 bits per heavy atom. The molecule has 0 bridgehead atoms. The number of amides is 1. The Balaban J connectivity index is 2.45. The zero-order chi connectivity index (χ0) is 13.6. The topological polar surface area (TPSA) is 29.1 Å². The first-order valence-corrected chi connectivity index (χ1v) is 7.00. The van der Waals surface area contributed by atoms with Crippen LogP contribution in [0.3, 0.4) is 0 Å². The molecule has 0 heterocycles. The second-order valence-electron chi connectivity index (χ2n) is 6.15. The van der Waals surface area contributed by atoms with E-state index >= 15 is 0 Å². The highest BCUT2D eigenvalue weighted by Gasteiger charge is 2.31. The molecule has 0 aromatic heterocycles. The molecule has 1 rings (SSSR count). The predicted octanol–water partition coefficient (Wildman–Crippen LogP) is 3.84. The van der Waals surface area contributed by atoms with Crippen molar-refractivity contribution in [3.05, 3.63) is 23.8 Å². The monoisotopic (exact) mass is 249 g/mol. The first-order chi connectivity index (χ1) is 8.47. The quantitative estimate of drug-likeness (QED) is 0.582. The van der Waals surface area contributed by atoms with Crippen LogP contribution in [0, 0.1) is 11.8 Å². The third-order valence-electron chi connectivity index (χ3n) is 4.13. The molecule has 102 valence electrons. The van der Waals surface area contributed by atoms with E-state index in [1.54, 1.807) is 0 Å². The second kappa shape index (κ2) is 6.77. The number of allylic oxidation sites excluding steroid dienone is 4. The molecule has 0 aliphatic heterocycles. The molecular formula is C16H27NO. The number of hydrogen-bond donors (Lipinski definition) is 1. The number of carbonyl (C=O) groups is 1. The van der Waals surface area contributed by atoms with Crippen molar-refractivity contribution in [1.82, 2.24) is 5.32 Å². The van der Waals surface area contributed by atoms with E-state index < -0.39 is 0 Å². The van der Waals surface area contributed by atoms with Gasteiger partial charge in [-0.05, 0) is 58.3 Å². The molecule has 0 aromatic carbocycles. The predicted molar refractivity (Wildman–Crippen MR) is 77.3 cm³/mol. The summed E-state index contributed by atoms with van der Waals surface area (Å²) in [5.74, 6) is 1.38. The largest absolute Gasteiger partial charge is 0.354 e. The normalized spacial score (nSPS) is 29.9. The van der Waals surface area contributed by atoms with E-state index in [9.17, 15) is 4.79 Å². The lowest BCUT2D eigenvalue weighted by Gasteiger charge is -2.38. The van der Waals surface area contributed by atoms with Gasteiger partial charge in [-0.1, -0.05) is 30.7 Å². The highest BCUT2D eigenvalue weighted by atomic mass is 16.1. The summed E-state index contributed by atoms with van der Waals surface area (Å²) in [6.45, 7) is 8.69. The highest BCUT2D eigenvalue weighted by molar-refractivity contribution is 5.47. The van der Waals surface area contributed by atoms with E-state index in [1.807, 2.05) is 0 Å². The number of hydrogen-bond acceptors (Lipinski definition) is 1. The Morgan fingerprint density at radius 3 is 2.44 bits per heavy atom. The molecule has 1 fully saturated rings. The minimum atomic E-state index is 0.0294. The number of carbonyl (C=O) groups excluding carboxylic acids is 1. The van der Waals surface area contributed by atoms with Crippen molar-refractivity contribution in [2.45, 2.75) is 58.9 Å². The second-order valence-corrected chi connectivity index (χ2v) is 6.15. The molecular weight excluding hydrogens is 222 g/mol. The summed E-state index contributed by atoms with van der Waals surface area (Å²) >= 11 is 0. The summed E-state index contributed by atoms with van der Waals surface area (Å²) in [6.07, 6.45) is 12.1. The molecule has 18 heavy (non-hydrogen) atoms. The van der Waals surface area contributed by atoms with Gasteiger partial charge in [0, 0.05) is 5.54 Å². The number of nitrogens with one attached hydrogen (secondary N) is 1. The molecule has 0 unspecified atom stereocenters. The van der Waals surface area contributed by atoms with E-state index in [0.717, 1.165) is 25.2 Å². The molecule has 1 atom stereocenters. The van der Waals surface area contributed by atoms with Crippen LogP contribution in [0.4, 0.5) is 0 Å². The Kier molecular flexibility index (Phi) is 5.64. The van der Waals surface area contributed by atoms with Crippen LogP contribution < -0.4 is 5.32 Å². The fraction of sp³-hybridized carbons (Fsp3) is 0.688. The summed E-state index contributed by atoms with van der Waals surface area (Å²) in [5, 5.41) is 2.97. The van der Waals surface area contributed by atoms with Crippen LogP contribution in [0.25, 0.3) is 0 Å². The van der Waals surface area contributed by atoms with E-state index in [-0.39, 0.29) is 5.54 Å². The fourth-order valence-corrected chi connectivity index (χ4v) is 2.67. The first-order valence-electron chi connectivity index (χ1n) is 7.00. The SMILES string of the molecule is CC(C)=C/C=C/[C@@H](C)C1CCC(C)(NC=O)CC1. The van der Waals surface area contributed by atoms with Gasteiger partial charge in [0.05, 0.1) is 0 Å². The van der Waals surface area contributed by atoms with Crippen molar-refractivity contribution in [3.63, 3.8) is 0 Å². The molecule has 0 saturated heterocycles. The Labute approximate surface area is 112 Å². The Bertz CT molecular complexity index is 318. The van der Waals surface area contributed by atoms with E-state index in [4.69, 9.17) is 0 Å². The zero-order valence-corrected chi connectivity index (χ0v) is 12.2. The summed E-state index contributed by atoms with van der Waals surface area (Å²) in [6, 6.07) is 0. The molecule has 0 radical (unpaired) electrons. The maximum Gasteiger partial charge on any atom is 0.207 e. The molecule has 1 amide bonds. The van der Waals surface area contributed by atoms with Gasteiger partial charge in [0.2, 0.25) is 6.41 Å². The Hall–Kier alpha value is -1.05. The molecule has 1 N–H and O–H groups in total. The fourth-order valence-electron chi connectivity index (χ4n) is 2.67. The van der Waals surface area contributed by atoms with E-state index in [0.29, 0.717) is 5.92 Å². The van der Waals surface area contributed by atoms with Crippen LogP contribution >= 0.6 is 0 Å². The molecule has 2 nitrogen and oxygen atoms in total. The van der Waals surface area contributed by atoms with Crippen LogP contribution in [-0.2, 0) is 4.79 Å². The van der Waals surface area contributed by atoms with Gasteiger partial charge in [-0.3, -0.25) is 4.79 Å². The van der Waals surface area contributed by atoms with Crippen LogP contribution in [0.2, 0.25) is 0 Å². The average molecular weight is 249 g/mol. The third-order valence-corrected chi connectivity index (χ3v) is 4.13. The molecule has 0 spiro atoms. The lowest BCUT2D eigenvalue weighted by molar-refractivity contribution is -0.111. The molecule has 1 aliphatic rings. The van der Waals surface area contributed by atoms with Crippen LogP contribution in [-0.4, -0.2) is 11.9 Å². The molecule has 2 heteroatoms. The summed E-state index contributed by atoms with van der Waals surface area (Å²) in [4.78, 5) is 10.6. The van der Waals surface area contributed by atoms with Crippen molar-refractivity contribution in [3.8, 4) is 0 Å². The minimum Gasteiger partial charge on any atom is -0.354 e. The van der Waals surface area contributed by atoms with Gasteiger partial charge in [-0.2, -0.15) is 0 Å². The van der Waals surface area contributed by atoms with E-state index in [1.165, 1.54) is 18.4 Å². The van der Waals surface area contributed by atoms with Gasteiger partial charge in [0.25, 0.3) is 0 Å². The maximum atomic E-state index is 10.6. The highest BCUT2D eigenvalue weighted by Crippen LogP contribution is 2.35. The molecule has 1 aliphatic carbocycles. The van der Waals surface area contributed by atoms with Crippen molar-refractivity contribution < 1.29 is 4.79 Å². The van der Waals surface area contributed by atoms with Gasteiger partial charge in [0.1, 0.15) is 0 Å². The first kappa shape index (κ1) is 15.0. The van der Waals surface area contributed by atoms with E-state index in [2.05, 4.69) is 51.2 Å². The van der Waals surface area contributed by atoms with Crippen LogP contribution in [0.5, 0.6) is 0 Å². The standard InChI is InChI=1S/C16H27NO/c1-13(2)6-5-7-14(3)15-8-10-16(4,11-9-15)17-12-18/h5-7,12,14-15H,8-11H2,1-4H3,(H,17,18)/b7-5+/t14-,15?,16?/m1/s1. The van der Waals surface area contributed by atoms with Gasteiger partial charge >= 0.3 is 0 Å². The van der Waals surface area contributed by atoms with Gasteiger partial charge in [-0.25, -0.2) is 0 Å². The summed E-state index contributed by atoms with van der Waals surface area (Å²) < 4.78 is 0. The molecule has 1 saturated carbocycles. The van der Waals surface area contributed by atoms with Crippen molar-refractivity contribution in [2.75, 3.05) is 0 Å². The van der Waals surface area contributed by atoms with Crippen LogP contribution in [0.1, 0.15) is 53.4 Å². The lowest BCUT2D eigenvalue weighted by atomic mass is 9.73. The molecule has 0 aromatic rings. The summed E-state index contributed by atoms with van der Waals surface area (Å²) in [7, 11) is 0. The van der Waals surface area contributed by atoms with Gasteiger partial charge < -0.3 is 5.32 Å². The van der Waals surface area contributed by atoms with Gasteiger partial charge in [-0.15, -0.1) is 0 Å². The average Bonchev–Trinajstić information content (AvgIpc) is 2.29. The number of rotatable bonds is 5. The summed E-state index contributed by atoms with van der Waals surface area (Å²) in [5.41, 5.74) is 1.37. The smallest absolute Gasteiger partial charge is 0.207 e. The van der Waals surface area contributed by atoms with Crippen molar-refractivity contribution in [2.24, 2.45) is 11.8 Å². The van der Waals surface area contributed by atoms with Crippen molar-refractivity contribution >= 4 is 6.41 Å². The van der Waals surface area contributed by atoms with Crippen molar-refractivity contribution in [1.29, 1.82) is 0 Å². The van der Waals surface area contributed by atoms with Gasteiger partial charge in [0.15, 0.2) is 0 Å². The Morgan fingerprint density at radius 1 is 1.33 bits per heavy atom. The zero-order valence-electron chi connectivity index (χ0n) is 12.2. The minimum absolute atomic E-state index is 0.0294.